The zero-order valence-electron chi connectivity index (χ0n) is 14.8. The predicted octanol–water partition coefficient (Wildman–Crippen LogP) is 3.26. The van der Waals surface area contributed by atoms with Crippen molar-refractivity contribution in [2.75, 3.05) is 18.5 Å². The SMILES string of the molecule is O=C(NCC1CCCO1)c1cccc(C(=O)Nc2ccc(C(F)(F)F)cc2)n1. The second-order valence-electron chi connectivity index (χ2n) is 6.28. The molecule has 6 nitrogen and oxygen atoms in total. The number of nitrogens with zero attached hydrogens (tertiary/aromatic N) is 1. The van der Waals surface area contributed by atoms with E-state index in [-0.39, 0.29) is 23.2 Å². The molecule has 1 aromatic carbocycles. The van der Waals surface area contributed by atoms with Gasteiger partial charge in [0, 0.05) is 18.8 Å². The number of hydrogen-bond acceptors (Lipinski definition) is 4. The van der Waals surface area contributed by atoms with Crippen LogP contribution in [0.3, 0.4) is 0 Å². The van der Waals surface area contributed by atoms with E-state index in [1.807, 2.05) is 0 Å². The maximum atomic E-state index is 12.6. The number of alkyl halides is 3. The smallest absolute Gasteiger partial charge is 0.376 e. The van der Waals surface area contributed by atoms with Gasteiger partial charge in [-0.15, -0.1) is 0 Å². The zero-order chi connectivity index (χ0) is 20.1. The van der Waals surface area contributed by atoms with E-state index in [1.165, 1.54) is 18.2 Å². The highest BCUT2D eigenvalue weighted by molar-refractivity contribution is 6.03. The van der Waals surface area contributed by atoms with Crippen LogP contribution in [0.25, 0.3) is 0 Å². The van der Waals surface area contributed by atoms with Crippen molar-refractivity contribution in [2.45, 2.75) is 25.1 Å². The number of benzene rings is 1. The third kappa shape index (κ3) is 5.07. The molecular formula is C19H18F3N3O3. The van der Waals surface area contributed by atoms with Crippen LogP contribution in [-0.4, -0.2) is 36.1 Å². The van der Waals surface area contributed by atoms with E-state index in [9.17, 15) is 22.8 Å². The average molecular weight is 393 g/mol. The Morgan fingerprint density at radius 3 is 2.36 bits per heavy atom. The highest BCUT2D eigenvalue weighted by atomic mass is 19.4. The molecule has 2 N–H and O–H groups in total. The molecule has 0 radical (unpaired) electrons. The van der Waals surface area contributed by atoms with Gasteiger partial charge in [0.2, 0.25) is 0 Å². The summed E-state index contributed by atoms with van der Waals surface area (Å²) in [4.78, 5) is 28.5. The molecule has 2 aromatic rings. The molecule has 0 spiro atoms. The molecule has 0 bridgehead atoms. The third-order valence-corrected chi connectivity index (χ3v) is 4.20. The summed E-state index contributed by atoms with van der Waals surface area (Å²) in [6, 6.07) is 8.44. The molecule has 1 aliphatic heterocycles. The van der Waals surface area contributed by atoms with E-state index < -0.39 is 23.6 Å². The number of hydrogen-bond donors (Lipinski definition) is 2. The van der Waals surface area contributed by atoms with E-state index in [0.717, 1.165) is 37.1 Å². The summed E-state index contributed by atoms with van der Waals surface area (Å²) in [7, 11) is 0. The maximum Gasteiger partial charge on any atom is 0.416 e. The minimum Gasteiger partial charge on any atom is -0.376 e. The second kappa shape index (κ2) is 8.39. The quantitative estimate of drug-likeness (QED) is 0.817. The number of carbonyl (C=O) groups excluding carboxylic acids is 2. The van der Waals surface area contributed by atoms with Crippen LogP contribution in [0, 0.1) is 0 Å². The van der Waals surface area contributed by atoms with Crippen LogP contribution >= 0.6 is 0 Å². The highest BCUT2D eigenvalue weighted by Gasteiger charge is 2.30. The number of anilines is 1. The molecule has 1 unspecified atom stereocenters. The molecule has 0 aliphatic carbocycles. The molecular weight excluding hydrogens is 375 g/mol. The third-order valence-electron chi connectivity index (χ3n) is 4.20. The first-order valence-corrected chi connectivity index (χ1v) is 8.68. The summed E-state index contributed by atoms with van der Waals surface area (Å²) < 4.78 is 43.2. The fourth-order valence-electron chi connectivity index (χ4n) is 2.73. The van der Waals surface area contributed by atoms with Gasteiger partial charge < -0.3 is 15.4 Å². The molecule has 1 fully saturated rings. The van der Waals surface area contributed by atoms with Crippen molar-refractivity contribution in [3.8, 4) is 0 Å². The lowest BCUT2D eigenvalue weighted by Crippen LogP contribution is -2.32. The van der Waals surface area contributed by atoms with Crippen LogP contribution in [0.1, 0.15) is 39.4 Å². The lowest BCUT2D eigenvalue weighted by molar-refractivity contribution is -0.137. The van der Waals surface area contributed by atoms with Crippen molar-refractivity contribution in [3.63, 3.8) is 0 Å². The van der Waals surface area contributed by atoms with E-state index in [1.54, 1.807) is 0 Å². The minimum atomic E-state index is -4.45. The minimum absolute atomic E-state index is 0.0184. The first kappa shape index (κ1) is 19.8. The Labute approximate surface area is 159 Å². The van der Waals surface area contributed by atoms with Crippen LogP contribution in [0.2, 0.25) is 0 Å². The molecule has 28 heavy (non-hydrogen) atoms. The van der Waals surface area contributed by atoms with Crippen molar-refractivity contribution < 1.29 is 27.5 Å². The van der Waals surface area contributed by atoms with Gasteiger partial charge in [-0.25, -0.2) is 4.98 Å². The number of pyridine rings is 1. The monoisotopic (exact) mass is 393 g/mol. The van der Waals surface area contributed by atoms with E-state index >= 15 is 0 Å². The number of amides is 2. The molecule has 0 saturated carbocycles. The van der Waals surface area contributed by atoms with Gasteiger partial charge in [-0.2, -0.15) is 13.2 Å². The fraction of sp³-hybridized carbons (Fsp3) is 0.316. The van der Waals surface area contributed by atoms with Gasteiger partial charge in [0.15, 0.2) is 0 Å². The van der Waals surface area contributed by atoms with E-state index in [0.29, 0.717) is 13.2 Å². The van der Waals surface area contributed by atoms with Crippen molar-refractivity contribution in [1.29, 1.82) is 0 Å². The summed E-state index contributed by atoms with van der Waals surface area (Å²) >= 11 is 0. The lowest BCUT2D eigenvalue weighted by Gasteiger charge is -2.11. The second-order valence-corrected chi connectivity index (χ2v) is 6.28. The first-order valence-electron chi connectivity index (χ1n) is 8.68. The molecule has 2 heterocycles. The molecule has 1 atom stereocenters. The predicted molar refractivity (Wildman–Crippen MR) is 94.9 cm³/mol. The standard InChI is InChI=1S/C19H18F3N3O3/c20-19(21,22)12-6-8-13(9-7-12)24-18(27)16-5-1-4-15(25-16)17(26)23-11-14-3-2-10-28-14/h1,4-9,14H,2-3,10-11H2,(H,23,26)(H,24,27). The largest absolute Gasteiger partial charge is 0.416 e. The Kier molecular flexibility index (Phi) is 5.93. The topological polar surface area (TPSA) is 80.3 Å². The Morgan fingerprint density at radius 1 is 1.07 bits per heavy atom. The van der Waals surface area contributed by atoms with Crippen LogP contribution in [0.4, 0.5) is 18.9 Å². The lowest BCUT2D eigenvalue weighted by atomic mass is 10.2. The van der Waals surface area contributed by atoms with Crippen molar-refractivity contribution in [3.05, 3.63) is 59.4 Å². The Balaban J connectivity index is 1.62. The van der Waals surface area contributed by atoms with Gasteiger partial charge in [0.25, 0.3) is 11.8 Å². The fourth-order valence-corrected chi connectivity index (χ4v) is 2.73. The van der Waals surface area contributed by atoms with Gasteiger partial charge in [-0.1, -0.05) is 6.07 Å². The van der Waals surface area contributed by atoms with Gasteiger partial charge in [-0.3, -0.25) is 9.59 Å². The van der Waals surface area contributed by atoms with Crippen LogP contribution in [-0.2, 0) is 10.9 Å². The Hall–Kier alpha value is -2.94. The first-order chi connectivity index (χ1) is 13.3. The molecule has 1 aromatic heterocycles. The number of ether oxygens (including phenoxy) is 1. The van der Waals surface area contributed by atoms with Crippen molar-refractivity contribution in [1.82, 2.24) is 10.3 Å². The Morgan fingerprint density at radius 2 is 1.75 bits per heavy atom. The molecule has 3 rings (SSSR count). The molecule has 2 amide bonds. The number of halogens is 3. The number of nitrogens with one attached hydrogen (secondary N) is 2. The van der Waals surface area contributed by atoms with Gasteiger partial charge in [0.1, 0.15) is 11.4 Å². The van der Waals surface area contributed by atoms with Crippen LogP contribution in [0.5, 0.6) is 0 Å². The summed E-state index contributed by atoms with van der Waals surface area (Å²) in [5, 5.41) is 5.17. The van der Waals surface area contributed by atoms with E-state index in [2.05, 4.69) is 15.6 Å². The number of carbonyl (C=O) groups is 2. The van der Waals surface area contributed by atoms with Crippen LogP contribution < -0.4 is 10.6 Å². The van der Waals surface area contributed by atoms with Crippen molar-refractivity contribution in [2.24, 2.45) is 0 Å². The van der Waals surface area contributed by atoms with Crippen LogP contribution in [0.15, 0.2) is 42.5 Å². The van der Waals surface area contributed by atoms with Gasteiger partial charge >= 0.3 is 6.18 Å². The van der Waals surface area contributed by atoms with Crippen molar-refractivity contribution >= 4 is 17.5 Å². The molecule has 9 heteroatoms. The van der Waals surface area contributed by atoms with Gasteiger partial charge in [-0.05, 0) is 49.2 Å². The summed E-state index contributed by atoms with van der Waals surface area (Å²) in [6.45, 7) is 1.04. The average Bonchev–Trinajstić information content (AvgIpc) is 3.19. The zero-order valence-corrected chi connectivity index (χ0v) is 14.8. The Bertz CT molecular complexity index is 847. The summed E-state index contributed by atoms with van der Waals surface area (Å²) in [5.41, 5.74) is -0.579. The maximum absolute atomic E-state index is 12.6. The normalized spacial score (nSPS) is 16.6. The summed E-state index contributed by atoms with van der Waals surface area (Å²) in [5.74, 6) is -1.06. The van der Waals surface area contributed by atoms with E-state index in [4.69, 9.17) is 4.74 Å². The molecule has 1 saturated heterocycles. The van der Waals surface area contributed by atoms with Gasteiger partial charge in [0.05, 0.1) is 11.7 Å². The number of rotatable bonds is 5. The molecule has 148 valence electrons. The number of aromatic nitrogens is 1. The summed E-state index contributed by atoms with van der Waals surface area (Å²) in [6.07, 6.45) is -2.63. The molecule has 1 aliphatic rings. The highest BCUT2D eigenvalue weighted by Crippen LogP contribution is 2.29.